The fraction of sp³-hybridized carbons (Fsp3) is 0.800. The molecule has 2 nitrogen and oxygen atoms in total. The maximum atomic E-state index is 12.4. The molecular weight excluding hydrogens is 212 g/mol. The third kappa shape index (κ3) is 4.63. The van der Waals surface area contributed by atoms with Gasteiger partial charge in [0.25, 0.3) is 0 Å². The van der Waals surface area contributed by atoms with Crippen LogP contribution >= 0.6 is 0 Å². The molecule has 0 saturated carbocycles. The lowest BCUT2D eigenvalue weighted by molar-refractivity contribution is -0.129. The molecule has 0 saturated heterocycles. The quantitative estimate of drug-likeness (QED) is 0.726. The van der Waals surface area contributed by atoms with Crippen LogP contribution in [0.5, 0.6) is 0 Å². The molecule has 0 amide bonds. The average molecular weight is 238 g/mol. The van der Waals surface area contributed by atoms with Gasteiger partial charge in [-0.25, -0.2) is 0 Å². The molecular formula is C15H26O2. The summed E-state index contributed by atoms with van der Waals surface area (Å²) in [5, 5.41) is 0. The van der Waals surface area contributed by atoms with Gasteiger partial charge in [0.05, 0.1) is 0 Å². The first-order valence-corrected chi connectivity index (χ1v) is 7.01. The van der Waals surface area contributed by atoms with E-state index in [-0.39, 0.29) is 17.8 Å². The Hall–Kier alpha value is -0.630. The Labute approximate surface area is 105 Å². The van der Waals surface area contributed by atoms with Crippen molar-refractivity contribution in [2.45, 2.75) is 65.4 Å². The van der Waals surface area contributed by atoms with E-state index in [2.05, 4.69) is 19.9 Å². The van der Waals surface area contributed by atoms with E-state index in [1.807, 2.05) is 6.92 Å². The molecule has 1 unspecified atom stereocenters. The SMILES string of the molecule is CCOC(C(=O)C1=CCCCCCC1)C(C)C. The fourth-order valence-corrected chi connectivity index (χ4v) is 2.35. The zero-order chi connectivity index (χ0) is 12.7. The number of ketones is 1. The molecule has 1 rings (SSSR count). The van der Waals surface area contributed by atoms with Gasteiger partial charge in [0.2, 0.25) is 0 Å². The number of hydrogen-bond donors (Lipinski definition) is 0. The first-order valence-electron chi connectivity index (χ1n) is 7.01. The van der Waals surface area contributed by atoms with Crippen molar-refractivity contribution in [3.63, 3.8) is 0 Å². The number of ether oxygens (including phenoxy) is 1. The molecule has 0 aliphatic heterocycles. The van der Waals surface area contributed by atoms with Crippen LogP contribution in [0, 0.1) is 5.92 Å². The van der Waals surface area contributed by atoms with Gasteiger partial charge >= 0.3 is 0 Å². The summed E-state index contributed by atoms with van der Waals surface area (Å²) in [6.07, 6.45) is 8.82. The minimum atomic E-state index is -0.245. The van der Waals surface area contributed by atoms with Gasteiger partial charge in [-0.2, -0.15) is 0 Å². The van der Waals surface area contributed by atoms with E-state index in [1.165, 1.54) is 19.3 Å². The smallest absolute Gasteiger partial charge is 0.187 e. The number of carbonyl (C=O) groups is 1. The normalized spacial score (nSPS) is 19.4. The summed E-state index contributed by atoms with van der Waals surface area (Å²) >= 11 is 0. The lowest BCUT2D eigenvalue weighted by atomic mass is 9.91. The Morgan fingerprint density at radius 1 is 1.29 bits per heavy atom. The van der Waals surface area contributed by atoms with Crippen molar-refractivity contribution in [1.29, 1.82) is 0 Å². The van der Waals surface area contributed by atoms with E-state index >= 15 is 0 Å². The highest BCUT2D eigenvalue weighted by molar-refractivity contribution is 5.98. The number of rotatable bonds is 5. The van der Waals surface area contributed by atoms with Gasteiger partial charge in [0.15, 0.2) is 5.78 Å². The van der Waals surface area contributed by atoms with Crippen LogP contribution in [0.3, 0.4) is 0 Å². The van der Waals surface area contributed by atoms with Crippen molar-refractivity contribution in [3.8, 4) is 0 Å². The van der Waals surface area contributed by atoms with Crippen LogP contribution in [-0.4, -0.2) is 18.5 Å². The summed E-state index contributed by atoms with van der Waals surface area (Å²) in [6.45, 7) is 6.68. The maximum Gasteiger partial charge on any atom is 0.187 e. The van der Waals surface area contributed by atoms with Crippen LogP contribution in [0.4, 0.5) is 0 Å². The monoisotopic (exact) mass is 238 g/mol. The zero-order valence-electron chi connectivity index (χ0n) is 11.5. The van der Waals surface area contributed by atoms with E-state index in [0.717, 1.165) is 24.8 Å². The van der Waals surface area contributed by atoms with Crippen LogP contribution in [0.2, 0.25) is 0 Å². The molecule has 0 aromatic rings. The molecule has 0 aromatic carbocycles. The van der Waals surface area contributed by atoms with E-state index in [1.54, 1.807) is 0 Å². The molecule has 0 heterocycles. The van der Waals surface area contributed by atoms with Crippen molar-refractivity contribution in [2.75, 3.05) is 6.61 Å². The van der Waals surface area contributed by atoms with Crippen molar-refractivity contribution in [1.82, 2.24) is 0 Å². The van der Waals surface area contributed by atoms with Crippen molar-refractivity contribution in [3.05, 3.63) is 11.6 Å². The molecule has 1 atom stereocenters. The van der Waals surface area contributed by atoms with Crippen LogP contribution in [-0.2, 0) is 9.53 Å². The predicted octanol–water partition coefficient (Wildman–Crippen LogP) is 3.90. The highest BCUT2D eigenvalue weighted by Gasteiger charge is 2.25. The summed E-state index contributed by atoms with van der Waals surface area (Å²) in [5.74, 6) is 0.484. The Morgan fingerprint density at radius 3 is 2.65 bits per heavy atom. The third-order valence-corrected chi connectivity index (χ3v) is 3.32. The summed E-state index contributed by atoms with van der Waals surface area (Å²) in [7, 11) is 0. The van der Waals surface area contributed by atoms with Crippen molar-refractivity contribution >= 4 is 5.78 Å². The van der Waals surface area contributed by atoms with Crippen molar-refractivity contribution in [2.24, 2.45) is 5.92 Å². The third-order valence-electron chi connectivity index (χ3n) is 3.32. The van der Waals surface area contributed by atoms with E-state index < -0.39 is 0 Å². The van der Waals surface area contributed by atoms with Crippen LogP contribution in [0.25, 0.3) is 0 Å². The molecule has 0 N–H and O–H groups in total. The van der Waals surface area contributed by atoms with Crippen LogP contribution < -0.4 is 0 Å². The molecule has 0 aromatic heterocycles. The second-order valence-corrected chi connectivity index (χ2v) is 5.17. The van der Waals surface area contributed by atoms with Gasteiger partial charge in [-0.3, -0.25) is 4.79 Å². The van der Waals surface area contributed by atoms with E-state index in [0.29, 0.717) is 6.61 Å². The van der Waals surface area contributed by atoms with Gasteiger partial charge in [0, 0.05) is 6.61 Å². The second kappa shape index (κ2) is 7.65. The Kier molecular flexibility index (Phi) is 6.49. The molecule has 0 radical (unpaired) electrons. The van der Waals surface area contributed by atoms with Gasteiger partial charge in [-0.15, -0.1) is 0 Å². The first-order chi connectivity index (χ1) is 8.16. The molecule has 0 fully saturated rings. The number of allylic oxidation sites excluding steroid dienone is 1. The van der Waals surface area contributed by atoms with Gasteiger partial charge in [-0.05, 0) is 44.1 Å². The molecule has 98 valence electrons. The van der Waals surface area contributed by atoms with Gasteiger partial charge < -0.3 is 4.74 Å². The summed E-state index contributed by atoms with van der Waals surface area (Å²) in [6, 6.07) is 0. The van der Waals surface area contributed by atoms with Gasteiger partial charge in [0.1, 0.15) is 6.10 Å². The molecule has 0 bridgehead atoms. The average Bonchev–Trinajstić information content (AvgIpc) is 2.24. The largest absolute Gasteiger partial charge is 0.370 e. The standard InChI is InChI=1S/C15H26O2/c1-4-17-15(12(2)3)14(16)13-10-8-6-5-7-9-11-13/h10,12,15H,4-9,11H2,1-3H3. The fourth-order valence-electron chi connectivity index (χ4n) is 2.35. The molecule has 1 aliphatic carbocycles. The highest BCUT2D eigenvalue weighted by Crippen LogP contribution is 2.21. The van der Waals surface area contributed by atoms with Crippen LogP contribution in [0.15, 0.2) is 11.6 Å². The number of Topliss-reactive ketones (excluding diaryl/α,β-unsaturated/α-hetero) is 1. The second-order valence-electron chi connectivity index (χ2n) is 5.17. The van der Waals surface area contributed by atoms with Crippen LogP contribution in [0.1, 0.15) is 59.3 Å². The lowest BCUT2D eigenvalue weighted by Crippen LogP contribution is -2.31. The molecule has 2 heteroatoms. The predicted molar refractivity (Wildman–Crippen MR) is 71.0 cm³/mol. The van der Waals surface area contributed by atoms with E-state index in [9.17, 15) is 4.79 Å². The summed E-state index contributed by atoms with van der Waals surface area (Å²) in [4.78, 5) is 12.4. The first kappa shape index (κ1) is 14.4. The van der Waals surface area contributed by atoms with E-state index in [4.69, 9.17) is 4.74 Å². The summed E-state index contributed by atoms with van der Waals surface area (Å²) in [5.41, 5.74) is 1.01. The van der Waals surface area contributed by atoms with Gasteiger partial charge in [-0.1, -0.05) is 32.8 Å². The zero-order valence-corrected chi connectivity index (χ0v) is 11.5. The summed E-state index contributed by atoms with van der Waals surface area (Å²) < 4.78 is 5.60. The highest BCUT2D eigenvalue weighted by atomic mass is 16.5. The lowest BCUT2D eigenvalue weighted by Gasteiger charge is -2.21. The number of hydrogen-bond acceptors (Lipinski definition) is 2. The minimum Gasteiger partial charge on any atom is -0.370 e. The molecule has 1 aliphatic rings. The maximum absolute atomic E-state index is 12.4. The Bertz CT molecular complexity index is 266. The topological polar surface area (TPSA) is 26.3 Å². The van der Waals surface area contributed by atoms with Crippen molar-refractivity contribution < 1.29 is 9.53 Å². The molecule has 0 spiro atoms. The molecule has 17 heavy (non-hydrogen) atoms. The number of carbonyl (C=O) groups excluding carboxylic acids is 1. The Morgan fingerprint density at radius 2 is 2.00 bits per heavy atom. The Balaban J connectivity index is 2.69. The minimum absolute atomic E-state index is 0.226.